The fourth-order valence-electron chi connectivity index (χ4n) is 3.32. The summed E-state index contributed by atoms with van der Waals surface area (Å²) in [5.41, 5.74) is 1.33. The van der Waals surface area contributed by atoms with E-state index in [2.05, 4.69) is 15.5 Å². The Hall–Kier alpha value is -3.02. The summed E-state index contributed by atoms with van der Waals surface area (Å²) >= 11 is 4.26. The molecule has 0 fully saturated rings. The van der Waals surface area contributed by atoms with Crippen molar-refractivity contribution in [1.82, 2.24) is 19.2 Å². The van der Waals surface area contributed by atoms with Crippen molar-refractivity contribution < 1.29 is 9.21 Å². The zero-order valence-electron chi connectivity index (χ0n) is 16.8. The number of aromatic nitrogens is 4. The third kappa shape index (κ3) is 3.94. The molecule has 0 spiro atoms. The Balaban J connectivity index is 1.44. The van der Waals surface area contributed by atoms with Gasteiger partial charge >= 0.3 is 0 Å². The van der Waals surface area contributed by atoms with Crippen LogP contribution in [0.15, 0.2) is 73.4 Å². The second-order valence-corrected chi connectivity index (χ2v) is 9.53. The van der Waals surface area contributed by atoms with Gasteiger partial charge < -0.3 is 9.73 Å². The number of nitrogens with one attached hydrogen (secondary N) is 1. The van der Waals surface area contributed by atoms with Crippen molar-refractivity contribution in [3.05, 3.63) is 70.2 Å². The lowest BCUT2D eigenvalue weighted by atomic mass is 10.3. The number of carbonyl (C=O) groups excluding carboxylic acids is 1. The minimum atomic E-state index is -0.144. The number of hydrogen-bond donors (Lipinski definition) is 1. The van der Waals surface area contributed by atoms with Crippen LogP contribution in [0, 0.1) is 0 Å². The van der Waals surface area contributed by atoms with E-state index in [0.29, 0.717) is 21.4 Å². The molecule has 0 aliphatic heterocycles. The molecule has 0 atom stereocenters. The van der Waals surface area contributed by atoms with Gasteiger partial charge in [0.2, 0.25) is 11.7 Å². The van der Waals surface area contributed by atoms with E-state index in [9.17, 15) is 9.59 Å². The van der Waals surface area contributed by atoms with Crippen LogP contribution in [0.4, 0.5) is 5.69 Å². The summed E-state index contributed by atoms with van der Waals surface area (Å²) in [4.78, 5) is 26.6. The van der Waals surface area contributed by atoms with Crippen LogP contribution in [0.5, 0.6) is 0 Å². The van der Waals surface area contributed by atoms with E-state index in [-0.39, 0.29) is 23.8 Å². The Bertz CT molecular complexity index is 1470. The van der Waals surface area contributed by atoms with Crippen molar-refractivity contribution in [2.24, 2.45) is 0 Å². The van der Waals surface area contributed by atoms with Crippen LogP contribution in [-0.4, -0.2) is 37.1 Å². The Morgan fingerprint density at radius 1 is 1.22 bits per heavy atom. The van der Waals surface area contributed by atoms with E-state index in [4.69, 9.17) is 4.42 Å². The van der Waals surface area contributed by atoms with E-state index >= 15 is 0 Å². The first kappa shape index (κ1) is 20.9. The Morgan fingerprint density at radius 3 is 2.94 bits per heavy atom. The number of hydrogen-bond acceptors (Lipinski definition) is 8. The molecule has 1 aromatic carbocycles. The van der Waals surface area contributed by atoms with Crippen LogP contribution in [0.1, 0.15) is 5.76 Å². The first-order valence-corrected chi connectivity index (χ1v) is 12.7. The van der Waals surface area contributed by atoms with Crippen molar-refractivity contribution in [3.63, 3.8) is 0 Å². The lowest BCUT2D eigenvalue weighted by molar-refractivity contribution is -0.113. The minimum absolute atomic E-state index is 0.143. The van der Waals surface area contributed by atoms with Crippen LogP contribution in [0.25, 0.3) is 16.0 Å². The van der Waals surface area contributed by atoms with Gasteiger partial charge in [0.1, 0.15) is 10.5 Å². The maximum atomic E-state index is 13.0. The lowest BCUT2D eigenvalue weighted by Crippen LogP contribution is -2.23. The van der Waals surface area contributed by atoms with E-state index in [1.54, 1.807) is 28.7 Å². The van der Waals surface area contributed by atoms with Crippen LogP contribution in [0.2, 0.25) is 0 Å². The minimum Gasteiger partial charge on any atom is -0.467 e. The van der Waals surface area contributed by atoms with Crippen molar-refractivity contribution in [3.8, 4) is 0 Å². The highest BCUT2D eigenvalue weighted by Gasteiger charge is 2.19. The number of nitrogens with zero attached hydrogens (tertiary/aromatic N) is 4. The van der Waals surface area contributed by atoms with E-state index < -0.39 is 0 Å². The molecular weight excluding hydrogens is 466 g/mol. The fourth-order valence-corrected chi connectivity index (χ4v) is 5.35. The number of thiophene rings is 1. The van der Waals surface area contributed by atoms with Gasteiger partial charge in [-0.2, -0.15) is 0 Å². The van der Waals surface area contributed by atoms with E-state index in [1.807, 2.05) is 52.4 Å². The molecule has 0 bridgehead atoms. The van der Waals surface area contributed by atoms with Gasteiger partial charge in [-0.3, -0.25) is 18.6 Å². The van der Waals surface area contributed by atoms with Crippen LogP contribution in [-0.2, 0) is 11.3 Å². The van der Waals surface area contributed by atoms with Gasteiger partial charge in [-0.05, 0) is 48.0 Å². The number of rotatable bonds is 7. The number of furan rings is 1. The van der Waals surface area contributed by atoms with Gasteiger partial charge in [-0.15, -0.1) is 33.3 Å². The first-order chi connectivity index (χ1) is 15.6. The molecule has 0 radical (unpaired) electrons. The number of benzene rings is 1. The molecule has 1 amide bonds. The van der Waals surface area contributed by atoms with Gasteiger partial charge in [0.05, 0.1) is 24.1 Å². The first-order valence-electron chi connectivity index (χ1n) is 9.58. The smallest absolute Gasteiger partial charge is 0.273 e. The normalized spacial score (nSPS) is 11.4. The Kier molecular flexibility index (Phi) is 5.77. The molecule has 4 heterocycles. The zero-order chi connectivity index (χ0) is 22.1. The van der Waals surface area contributed by atoms with Gasteiger partial charge in [-0.25, -0.2) is 0 Å². The monoisotopic (exact) mass is 483 g/mol. The maximum absolute atomic E-state index is 13.0. The molecule has 0 aliphatic rings. The van der Waals surface area contributed by atoms with Crippen LogP contribution < -0.4 is 10.9 Å². The molecule has 1 N–H and O–H groups in total. The summed E-state index contributed by atoms with van der Waals surface area (Å²) in [6.07, 6.45) is 3.56. The molecule has 162 valence electrons. The lowest BCUT2D eigenvalue weighted by Gasteiger charge is -2.08. The standard InChI is InChI=1S/C21H17N5O3S3/c1-30-15-6-2-4-13(10-15)22-17(27)12-32-21-24-23-20-25(11-14-5-3-8-29-14)19(28)18-16(26(20)21)7-9-31-18/h2-10H,11-12H2,1H3,(H,22,27). The van der Waals surface area contributed by atoms with Crippen molar-refractivity contribution >= 4 is 62.4 Å². The highest BCUT2D eigenvalue weighted by molar-refractivity contribution is 7.99. The Labute approximate surface area is 194 Å². The predicted molar refractivity (Wildman–Crippen MR) is 128 cm³/mol. The second kappa shape index (κ2) is 8.85. The van der Waals surface area contributed by atoms with Crippen molar-refractivity contribution in [1.29, 1.82) is 0 Å². The predicted octanol–water partition coefficient (Wildman–Crippen LogP) is 4.20. The van der Waals surface area contributed by atoms with Crippen molar-refractivity contribution in [2.45, 2.75) is 16.6 Å². The molecule has 4 aromatic heterocycles. The average molecular weight is 484 g/mol. The largest absolute Gasteiger partial charge is 0.467 e. The Morgan fingerprint density at radius 2 is 2.12 bits per heavy atom. The molecule has 0 aliphatic carbocycles. The summed E-state index contributed by atoms with van der Waals surface area (Å²) in [5.74, 6) is 1.07. The fraction of sp³-hybridized carbons (Fsp3) is 0.143. The molecule has 0 saturated carbocycles. The summed E-state index contributed by atoms with van der Waals surface area (Å²) < 4.78 is 9.39. The summed E-state index contributed by atoms with van der Waals surface area (Å²) in [6.45, 7) is 0.248. The number of thioether (sulfide) groups is 2. The van der Waals surface area contributed by atoms with Crippen LogP contribution in [0.3, 0.4) is 0 Å². The highest BCUT2D eigenvalue weighted by Crippen LogP contribution is 2.25. The number of anilines is 1. The van der Waals surface area contributed by atoms with Crippen molar-refractivity contribution in [2.75, 3.05) is 17.3 Å². The van der Waals surface area contributed by atoms with Gasteiger partial charge in [0.15, 0.2) is 5.16 Å². The van der Waals surface area contributed by atoms with Crippen LogP contribution >= 0.6 is 34.9 Å². The molecule has 8 nitrogen and oxygen atoms in total. The second-order valence-electron chi connectivity index (χ2n) is 6.79. The molecular formula is C21H17N5O3S3. The topological polar surface area (TPSA) is 94.4 Å². The molecule has 5 aromatic rings. The van der Waals surface area contributed by atoms with E-state index in [0.717, 1.165) is 16.1 Å². The summed E-state index contributed by atoms with van der Waals surface area (Å²) in [6, 6.07) is 13.1. The SMILES string of the molecule is CSc1cccc(NC(=O)CSc2nnc3n(Cc4ccco4)c(=O)c4sccc4n23)c1. The number of amides is 1. The zero-order valence-corrected chi connectivity index (χ0v) is 19.3. The number of carbonyl (C=O) groups is 1. The molecule has 32 heavy (non-hydrogen) atoms. The third-order valence-corrected chi connectivity index (χ3v) is 7.31. The molecule has 0 unspecified atom stereocenters. The number of fused-ring (bicyclic) bond motifs is 3. The summed E-state index contributed by atoms with van der Waals surface area (Å²) in [7, 11) is 0. The summed E-state index contributed by atoms with van der Waals surface area (Å²) in [5, 5.41) is 13.9. The van der Waals surface area contributed by atoms with Gasteiger partial charge in [-0.1, -0.05) is 17.8 Å². The van der Waals surface area contributed by atoms with E-state index in [1.165, 1.54) is 23.1 Å². The average Bonchev–Trinajstić information content (AvgIpc) is 3.56. The molecule has 5 rings (SSSR count). The molecule has 0 saturated heterocycles. The third-order valence-electron chi connectivity index (χ3n) is 4.76. The highest BCUT2D eigenvalue weighted by atomic mass is 32.2. The van der Waals surface area contributed by atoms with Gasteiger partial charge in [0.25, 0.3) is 5.56 Å². The maximum Gasteiger partial charge on any atom is 0.273 e. The molecule has 11 heteroatoms. The van der Waals surface area contributed by atoms with Gasteiger partial charge in [0, 0.05) is 10.6 Å². The quantitative estimate of drug-likeness (QED) is 0.347.